The Hall–Kier alpha value is -9.39. The molecule has 0 aliphatic heterocycles. The maximum absolute atomic E-state index is 7.21. The van der Waals surface area contributed by atoms with Crippen molar-refractivity contribution in [2.24, 2.45) is 0 Å². The van der Waals surface area contributed by atoms with E-state index in [1.54, 1.807) is 0 Å². The number of para-hydroxylation sites is 1. The number of nitrogens with zero attached hydrogens (tertiary/aromatic N) is 4. The Labute approximate surface area is 394 Å². The number of rotatable bonds is 5. The summed E-state index contributed by atoms with van der Waals surface area (Å²) in [6, 6.07) is 77.0. The molecule has 0 unspecified atom stereocenters. The molecule has 4 heterocycles. The first-order valence-corrected chi connectivity index (χ1v) is 23.2. The Bertz CT molecular complexity index is 4530. The Balaban J connectivity index is 1.05. The van der Waals surface area contributed by atoms with Crippen molar-refractivity contribution < 1.29 is 8.83 Å². The topological polar surface area (TPSA) is 69.9 Å². The van der Waals surface area contributed by atoms with Gasteiger partial charge in [-0.3, -0.25) is 0 Å². The SMILES string of the molecule is c1ccc(-c2cccc(-c3nc(-c4ccc5oc6ccccc6c5c4)nc(-c4cc(-n5c6cc7ccccc7cc6c6cc7ccccc7cc65)c5oc6c7ccccc7ccc6c5c4)n3)c2)cc1. The molecular formula is C63H36N4O2. The van der Waals surface area contributed by atoms with Crippen molar-refractivity contribution in [3.63, 3.8) is 0 Å². The summed E-state index contributed by atoms with van der Waals surface area (Å²) in [7, 11) is 0. The molecule has 0 N–H and O–H groups in total. The third-order valence-corrected chi connectivity index (χ3v) is 13.9. The van der Waals surface area contributed by atoms with Crippen LogP contribution in [0.5, 0.6) is 0 Å². The maximum atomic E-state index is 7.21. The standard InChI is InChI=1S/C63H36N4O2/c1-2-13-37(14-3-1)39-20-12-21-44(29-39)61-64-62(45-26-28-58-52(32-45)48-23-10-11-24-57(48)68-58)66-63(65-61)46-33-53-49-27-25-38-15-8-9-22-47(38)59(49)69-60(53)56(36-46)67-54-34-42-18-6-4-16-40(42)30-50(54)51-31-41-17-5-7-19-43(41)35-55(51)67/h1-36H. The molecule has 15 aromatic rings. The van der Waals surface area contributed by atoms with E-state index in [0.717, 1.165) is 110 Å². The molecule has 0 radical (unpaired) electrons. The van der Waals surface area contributed by atoms with Crippen molar-refractivity contribution in [2.75, 3.05) is 0 Å². The zero-order chi connectivity index (χ0) is 45.2. The fraction of sp³-hybridized carbons (Fsp3) is 0. The van der Waals surface area contributed by atoms with Crippen molar-refractivity contribution in [2.45, 2.75) is 0 Å². The van der Waals surface area contributed by atoms with Gasteiger partial charge < -0.3 is 13.4 Å². The fourth-order valence-corrected chi connectivity index (χ4v) is 10.6. The first kappa shape index (κ1) is 37.8. The van der Waals surface area contributed by atoms with E-state index in [4.69, 9.17) is 23.8 Å². The van der Waals surface area contributed by atoms with Gasteiger partial charge in [-0.2, -0.15) is 0 Å². The molecule has 0 aliphatic rings. The van der Waals surface area contributed by atoms with Gasteiger partial charge in [0, 0.05) is 54.4 Å². The second kappa shape index (κ2) is 14.6. The molecule has 0 atom stereocenters. The van der Waals surface area contributed by atoms with Crippen LogP contribution in [0.4, 0.5) is 0 Å². The largest absolute Gasteiger partial charge is 0.456 e. The summed E-state index contributed by atoms with van der Waals surface area (Å²) in [6.45, 7) is 0. The number of hydrogen-bond acceptors (Lipinski definition) is 5. The van der Waals surface area contributed by atoms with E-state index in [9.17, 15) is 0 Å². The van der Waals surface area contributed by atoms with Gasteiger partial charge in [0.2, 0.25) is 0 Å². The molecule has 6 heteroatoms. The highest BCUT2D eigenvalue weighted by Gasteiger charge is 2.24. The van der Waals surface area contributed by atoms with E-state index in [1.807, 2.05) is 36.4 Å². The minimum atomic E-state index is 0.548. The van der Waals surface area contributed by atoms with Gasteiger partial charge in [0.15, 0.2) is 23.1 Å². The summed E-state index contributed by atoms with van der Waals surface area (Å²) in [5.41, 5.74) is 11.1. The van der Waals surface area contributed by atoms with E-state index in [-0.39, 0.29) is 0 Å². The molecule has 0 aliphatic carbocycles. The minimum Gasteiger partial charge on any atom is -0.456 e. The number of fused-ring (bicyclic) bond motifs is 13. The molecule has 0 bridgehead atoms. The summed E-state index contributed by atoms with van der Waals surface area (Å²) in [4.78, 5) is 16.1. The molecule has 320 valence electrons. The van der Waals surface area contributed by atoms with Gasteiger partial charge >= 0.3 is 0 Å². The van der Waals surface area contributed by atoms with E-state index in [1.165, 1.54) is 21.5 Å². The highest BCUT2D eigenvalue weighted by molar-refractivity contribution is 6.20. The summed E-state index contributed by atoms with van der Waals surface area (Å²) < 4.78 is 15.9. The minimum absolute atomic E-state index is 0.548. The van der Waals surface area contributed by atoms with E-state index >= 15 is 0 Å². The molecular weight excluding hydrogens is 845 g/mol. The second-order valence-corrected chi connectivity index (χ2v) is 18.0. The quantitative estimate of drug-likeness (QED) is 0.172. The van der Waals surface area contributed by atoms with Gasteiger partial charge in [0.1, 0.15) is 16.7 Å². The molecule has 0 saturated heterocycles. The number of furan rings is 2. The van der Waals surface area contributed by atoms with Crippen LogP contribution in [0.25, 0.3) is 149 Å². The van der Waals surface area contributed by atoms with Crippen LogP contribution < -0.4 is 0 Å². The molecule has 11 aromatic carbocycles. The molecule has 6 nitrogen and oxygen atoms in total. The lowest BCUT2D eigenvalue weighted by molar-refractivity contribution is 0.669. The second-order valence-electron chi connectivity index (χ2n) is 18.0. The summed E-state index contributed by atoms with van der Waals surface area (Å²) in [5.74, 6) is 1.68. The Morgan fingerprint density at radius 1 is 0.275 bits per heavy atom. The van der Waals surface area contributed by atoms with Crippen LogP contribution in [0.3, 0.4) is 0 Å². The Morgan fingerprint density at radius 2 is 0.826 bits per heavy atom. The van der Waals surface area contributed by atoms with Crippen LogP contribution in [-0.2, 0) is 0 Å². The van der Waals surface area contributed by atoms with Crippen LogP contribution in [-0.4, -0.2) is 19.5 Å². The van der Waals surface area contributed by atoms with E-state index in [2.05, 4.69) is 187 Å². The average molecular weight is 881 g/mol. The van der Waals surface area contributed by atoms with Gasteiger partial charge in [0.05, 0.1) is 16.7 Å². The molecule has 4 aromatic heterocycles. The number of aromatic nitrogens is 4. The molecule has 69 heavy (non-hydrogen) atoms. The lowest BCUT2D eigenvalue weighted by Crippen LogP contribution is -2.02. The lowest BCUT2D eigenvalue weighted by atomic mass is 10.0. The molecule has 0 saturated carbocycles. The van der Waals surface area contributed by atoms with Crippen molar-refractivity contribution >= 4 is 98.0 Å². The Kier molecular flexibility index (Phi) is 7.97. The van der Waals surface area contributed by atoms with E-state index < -0.39 is 0 Å². The monoisotopic (exact) mass is 880 g/mol. The maximum Gasteiger partial charge on any atom is 0.164 e. The summed E-state index contributed by atoms with van der Waals surface area (Å²) in [6.07, 6.45) is 0. The average Bonchev–Trinajstić information content (AvgIpc) is 4.08. The molecule has 0 spiro atoms. The third kappa shape index (κ3) is 5.89. The number of hydrogen-bond donors (Lipinski definition) is 0. The van der Waals surface area contributed by atoms with E-state index in [0.29, 0.717) is 17.5 Å². The van der Waals surface area contributed by atoms with Crippen molar-refractivity contribution in [3.8, 4) is 51.0 Å². The molecule has 0 fully saturated rings. The van der Waals surface area contributed by atoms with Crippen LogP contribution in [0.2, 0.25) is 0 Å². The first-order chi connectivity index (χ1) is 34.1. The summed E-state index contributed by atoms with van der Waals surface area (Å²) in [5, 5.41) is 13.2. The first-order valence-electron chi connectivity index (χ1n) is 23.2. The van der Waals surface area contributed by atoms with Gasteiger partial charge in [-0.25, -0.2) is 15.0 Å². The van der Waals surface area contributed by atoms with Crippen LogP contribution in [0, 0.1) is 0 Å². The van der Waals surface area contributed by atoms with Crippen molar-refractivity contribution in [3.05, 3.63) is 218 Å². The van der Waals surface area contributed by atoms with Gasteiger partial charge in [-0.15, -0.1) is 0 Å². The predicted octanol–water partition coefficient (Wildman–Crippen LogP) is 16.9. The van der Waals surface area contributed by atoms with Crippen molar-refractivity contribution in [1.82, 2.24) is 19.5 Å². The summed E-state index contributed by atoms with van der Waals surface area (Å²) >= 11 is 0. The van der Waals surface area contributed by atoms with Crippen molar-refractivity contribution in [1.29, 1.82) is 0 Å². The lowest BCUT2D eigenvalue weighted by Gasteiger charge is -2.13. The zero-order valence-electron chi connectivity index (χ0n) is 36.9. The Morgan fingerprint density at radius 3 is 1.55 bits per heavy atom. The molecule has 15 rings (SSSR count). The fourth-order valence-electron chi connectivity index (χ4n) is 10.6. The highest BCUT2D eigenvalue weighted by atomic mass is 16.3. The van der Waals surface area contributed by atoms with Crippen LogP contribution in [0.15, 0.2) is 227 Å². The zero-order valence-corrected chi connectivity index (χ0v) is 36.9. The smallest absolute Gasteiger partial charge is 0.164 e. The third-order valence-electron chi connectivity index (χ3n) is 13.9. The molecule has 0 amide bonds. The predicted molar refractivity (Wildman–Crippen MR) is 283 cm³/mol. The van der Waals surface area contributed by atoms with Gasteiger partial charge in [-0.1, -0.05) is 146 Å². The normalized spacial score (nSPS) is 12.1. The number of benzene rings is 11. The highest BCUT2D eigenvalue weighted by Crippen LogP contribution is 2.44. The van der Waals surface area contributed by atoms with Gasteiger partial charge in [-0.05, 0) is 111 Å². The van der Waals surface area contributed by atoms with Crippen LogP contribution >= 0.6 is 0 Å². The van der Waals surface area contributed by atoms with Gasteiger partial charge in [0.25, 0.3) is 0 Å². The van der Waals surface area contributed by atoms with Crippen LogP contribution in [0.1, 0.15) is 0 Å².